The van der Waals surface area contributed by atoms with E-state index in [1.165, 1.54) is 28.6 Å². The third-order valence-electron chi connectivity index (χ3n) is 4.01. The second kappa shape index (κ2) is 7.35. The molecule has 28 heavy (non-hydrogen) atoms. The minimum atomic E-state index is -0.845. The van der Waals surface area contributed by atoms with Gasteiger partial charge in [-0.2, -0.15) is 5.10 Å². The zero-order valence-electron chi connectivity index (χ0n) is 14.7. The molecule has 0 atom stereocenters. The number of aryl methyl sites for hydroxylation is 1. The molecule has 0 radical (unpaired) electrons. The zero-order chi connectivity index (χ0) is 19.7. The molecule has 0 aliphatic rings. The maximum atomic E-state index is 14.4. The Morgan fingerprint density at radius 3 is 2.86 bits per heavy atom. The Labute approximate surface area is 162 Å². The van der Waals surface area contributed by atoms with E-state index in [-0.39, 0.29) is 17.9 Å². The van der Waals surface area contributed by atoms with Crippen molar-refractivity contribution in [2.75, 3.05) is 4.90 Å². The normalized spacial score (nSPS) is 11.0. The second-order valence-corrected chi connectivity index (χ2v) is 6.87. The van der Waals surface area contributed by atoms with Gasteiger partial charge in [0.15, 0.2) is 0 Å². The second-order valence-electron chi connectivity index (χ2n) is 6.01. The van der Waals surface area contributed by atoms with Gasteiger partial charge >= 0.3 is 0 Å². The number of carbonyl (C=O) groups is 1. The molecule has 4 rings (SSSR count). The van der Waals surface area contributed by atoms with Crippen LogP contribution < -0.4 is 4.90 Å². The highest BCUT2D eigenvalue weighted by Crippen LogP contribution is 2.27. The molecular weight excluding hydrogens is 386 g/mol. The molecule has 9 heteroatoms. The van der Waals surface area contributed by atoms with E-state index < -0.39 is 17.5 Å². The van der Waals surface area contributed by atoms with E-state index in [0.29, 0.717) is 10.8 Å². The van der Waals surface area contributed by atoms with Crippen molar-refractivity contribution in [2.24, 2.45) is 7.05 Å². The average Bonchev–Trinajstić information content (AvgIpc) is 3.41. The van der Waals surface area contributed by atoms with E-state index in [1.54, 1.807) is 41.6 Å². The van der Waals surface area contributed by atoms with Gasteiger partial charge in [0.25, 0.3) is 5.91 Å². The number of furan rings is 1. The van der Waals surface area contributed by atoms with Crippen molar-refractivity contribution in [1.82, 2.24) is 14.8 Å². The molecule has 0 saturated heterocycles. The van der Waals surface area contributed by atoms with Gasteiger partial charge in [0.1, 0.15) is 28.1 Å². The van der Waals surface area contributed by atoms with E-state index in [0.717, 1.165) is 17.7 Å². The molecule has 6 nitrogen and oxygen atoms in total. The van der Waals surface area contributed by atoms with Gasteiger partial charge in [0.05, 0.1) is 24.7 Å². The topological polar surface area (TPSA) is 64.2 Å². The number of aromatic nitrogens is 3. The van der Waals surface area contributed by atoms with Crippen molar-refractivity contribution in [2.45, 2.75) is 6.54 Å². The van der Waals surface area contributed by atoms with Gasteiger partial charge < -0.3 is 4.42 Å². The summed E-state index contributed by atoms with van der Waals surface area (Å²) in [6.07, 6.45) is 4.89. The van der Waals surface area contributed by atoms with E-state index in [1.807, 2.05) is 0 Å². The van der Waals surface area contributed by atoms with Crippen LogP contribution in [0.25, 0.3) is 10.6 Å². The van der Waals surface area contributed by atoms with Crippen molar-refractivity contribution >= 4 is 22.9 Å². The van der Waals surface area contributed by atoms with Crippen LogP contribution >= 0.6 is 11.3 Å². The molecule has 0 fully saturated rings. The Balaban J connectivity index is 1.69. The fourth-order valence-electron chi connectivity index (χ4n) is 2.70. The smallest absolute Gasteiger partial charge is 0.278 e. The molecule has 1 aromatic carbocycles. The number of rotatable bonds is 5. The molecule has 0 saturated carbocycles. The maximum absolute atomic E-state index is 14.4. The molecular formula is C19H14F2N4O2S. The largest absolute Gasteiger partial charge is 0.467 e. The van der Waals surface area contributed by atoms with Crippen LogP contribution in [0.15, 0.2) is 58.8 Å². The van der Waals surface area contributed by atoms with Crippen molar-refractivity contribution in [3.05, 3.63) is 77.5 Å². The highest BCUT2D eigenvalue weighted by atomic mass is 32.1. The average molecular weight is 400 g/mol. The third kappa shape index (κ3) is 3.56. The lowest BCUT2D eigenvalue weighted by atomic mass is 10.2. The first-order valence-corrected chi connectivity index (χ1v) is 9.13. The molecule has 0 spiro atoms. The Morgan fingerprint density at radius 2 is 2.18 bits per heavy atom. The highest BCUT2D eigenvalue weighted by Gasteiger charge is 2.25. The van der Waals surface area contributed by atoms with Crippen LogP contribution in [0, 0.1) is 11.6 Å². The monoisotopic (exact) mass is 400 g/mol. The van der Waals surface area contributed by atoms with Gasteiger partial charge in [0, 0.05) is 30.3 Å². The predicted molar refractivity (Wildman–Crippen MR) is 99.9 cm³/mol. The molecule has 0 aliphatic heterocycles. The minimum Gasteiger partial charge on any atom is -0.467 e. The number of benzene rings is 1. The summed E-state index contributed by atoms with van der Waals surface area (Å²) in [5.74, 6) is -1.63. The fraction of sp³-hybridized carbons (Fsp3) is 0.105. The van der Waals surface area contributed by atoms with Gasteiger partial charge in [-0.3, -0.25) is 14.4 Å². The summed E-state index contributed by atoms with van der Waals surface area (Å²) < 4.78 is 34.6. The number of hydrogen-bond donors (Lipinski definition) is 0. The predicted octanol–water partition coefficient (Wildman–Crippen LogP) is 4.26. The summed E-state index contributed by atoms with van der Waals surface area (Å²) in [4.78, 5) is 18.6. The summed E-state index contributed by atoms with van der Waals surface area (Å²) in [6.45, 7) is -0.0197. The van der Waals surface area contributed by atoms with E-state index in [4.69, 9.17) is 4.42 Å². The van der Waals surface area contributed by atoms with Crippen molar-refractivity contribution in [3.8, 4) is 10.6 Å². The summed E-state index contributed by atoms with van der Waals surface area (Å²) in [6, 6.07) is 6.40. The van der Waals surface area contributed by atoms with Crippen LogP contribution in [0.5, 0.6) is 0 Å². The third-order valence-corrected chi connectivity index (χ3v) is 4.91. The number of amides is 1. The van der Waals surface area contributed by atoms with Gasteiger partial charge in [-0.1, -0.05) is 0 Å². The summed E-state index contributed by atoms with van der Waals surface area (Å²) in [5.41, 5.74) is 0.870. The quantitative estimate of drug-likeness (QED) is 0.502. The standard InChI is InChI=1S/C19H14F2N4O2S/c1-24-9-12(8-22-24)18-23-16(11-28-18)19(26)25(10-14-3-2-6-27-14)17-5-4-13(20)7-15(17)21/h2-9,11H,10H2,1H3. The van der Waals surface area contributed by atoms with Crippen molar-refractivity contribution < 1.29 is 18.0 Å². The molecule has 0 N–H and O–H groups in total. The van der Waals surface area contributed by atoms with Crippen LogP contribution in [0.1, 0.15) is 16.2 Å². The number of nitrogens with zero attached hydrogens (tertiary/aromatic N) is 4. The zero-order valence-corrected chi connectivity index (χ0v) is 15.5. The van der Waals surface area contributed by atoms with Crippen molar-refractivity contribution in [3.63, 3.8) is 0 Å². The Bertz CT molecular complexity index is 1120. The lowest BCUT2D eigenvalue weighted by molar-refractivity contribution is 0.0978. The lowest BCUT2D eigenvalue weighted by Crippen LogP contribution is -2.31. The molecule has 0 aliphatic carbocycles. The molecule has 3 aromatic heterocycles. The SMILES string of the molecule is Cn1cc(-c2nc(C(=O)N(Cc3ccco3)c3ccc(F)cc3F)cs2)cn1. The van der Waals surface area contributed by atoms with E-state index in [2.05, 4.69) is 10.1 Å². The van der Waals surface area contributed by atoms with Crippen LogP contribution in [0.3, 0.4) is 0 Å². The van der Waals surface area contributed by atoms with E-state index in [9.17, 15) is 13.6 Å². The van der Waals surface area contributed by atoms with Gasteiger partial charge in [-0.15, -0.1) is 11.3 Å². The van der Waals surface area contributed by atoms with E-state index >= 15 is 0 Å². The number of halogens is 2. The number of carbonyl (C=O) groups excluding carboxylic acids is 1. The van der Waals surface area contributed by atoms with Gasteiger partial charge in [0.2, 0.25) is 0 Å². The highest BCUT2D eigenvalue weighted by molar-refractivity contribution is 7.13. The first-order valence-electron chi connectivity index (χ1n) is 8.25. The van der Waals surface area contributed by atoms with Crippen LogP contribution in [-0.2, 0) is 13.6 Å². The van der Waals surface area contributed by atoms with Crippen molar-refractivity contribution in [1.29, 1.82) is 0 Å². The first-order chi connectivity index (χ1) is 13.5. The fourth-order valence-corrected chi connectivity index (χ4v) is 3.47. The molecule has 0 unspecified atom stereocenters. The molecule has 4 aromatic rings. The summed E-state index contributed by atoms with van der Waals surface area (Å²) >= 11 is 1.28. The number of hydrogen-bond acceptors (Lipinski definition) is 5. The first kappa shape index (κ1) is 18.1. The van der Waals surface area contributed by atoms with Gasteiger partial charge in [-0.25, -0.2) is 13.8 Å². The molecule has 1 amide bonds. The Morgan fingerprint density at radius 1 is 1.32 bits per heavy atom. The number of anilines is 1. The van der Waals surface area contributed by atoms with Gasteiger partial charge in [-0.05, 0) is 24.3 Å². The number of thiazole rings is 1. The van der Waals surface area contributed by atoms with Crippen LogP contribution in [-0.4, -0.2) is 20.7 Å². The molecule has 0 bridgehead atoms. The summed E-state index contributed by atoms with van der Waals surface area (Å²) in [5, 5.41) is 6.31. The lowest BCUT2D eigenvalue weighted by Gasteiger charge is -2.21. The van der Waals surface area contributed by atoms with Crippen LogP contribution in [0.4, 0.5) is 14.5 Å². The Kier molecular flexibility index (Phi) is 4.74. The Hall–Kier alpha value is -3.33. The minimum absolute atomic E-state index is 0.0197. The summed E-state index contributed by atoms with van der Waals surface area (Å²) in [7, 11) is 1.78. The maximum Gasteiger partial charge on any atom is 0.278 e. The molecule has 3 heterocycles. The molecule has 142 valence electrons. The van der Waals surface area contributed by atoms with Crippen LogP contribution in [0.2, 0.25) is 0 Å².